The summed E-state index contributed by atoms with van der Waals surface area (Å²) in [5.41, 5.74) is 0. The highest BCUT2D eigenvalue weighted by Crippen LogP contribution is 2.14. The monoisotopic (exact) mass is 329 g/mol. The Hall–Kier alpha value is -1.77. The number of aryl methyl sites for hydroxylation is 1. The fourth-order valence-electron chi connectivity index (χ4n) is 1.84. The van der Waals surface area contributed by atoms with Gasteiger partial charge in [-0.05, 0) is 12.3 Å². The van der Waals surface area contributed by atoms with Crippen LogP contribution in [0.5, 0.6) is 0 Å². The minimum absolute atomic E-state index is 0.102. The van der Waals surface area contributed by atoms with Crippen LogP contribution in [0.1, 0.15) is 33.0 Å². The van der Waals surface area contributed by atoms with Gasteiger partial charge in [0.15, 0.2) is 5.82 Å². The molecular formula is C13H23N5O3S. The van der Waals surface area contributed by atoms with E-state index >= 15 is 0 Å². The zero-order chi connectivity index (χ0) is 16.7. The van der Waals surface area contributed by atoms with Gasteiger partial charge in [0.25, 0.3) is 0 Å². The van der Waals surface area contributed by atoms with Gasteiger partial charge in [-0.1, -0.05) is 32.5 Å². The molecule has 1 aromatic rings. The van der Waals surface area contributed by atoms with Crippen LogP contribution in [0.15, 0.2) is 5.16 Å². The Balaban J connectivity index is 2.56. The standard InChI is InChI=1S/C13H23N5O3S/c1-5-10-16-17-13(18(10)14)22-7-11(19)15-9(6-8(2)3)12(20)21-4/h8-9H,5-7,14H2,1-4H3,(H,15,19)/t9-/m1/s1. The molecule has 0 fully saturated rings. The first-order valence-corrected chi connectivity index (χ1v) is 8.06. The molecule has 3 N–H and O–H groups in total. The molecule has 0 unspecified atom stereocenters. The second-order valence-electron chi connectivity index (χ2n) is 5.18. The Morgan fingerprint density at radius 3 is 2.59 bits per heavy atom. The summed E-state index contributed by atoms with van der Waals surface area (Å²) in [5.74, 6) is 6.09. The smallest absolute Gasteiger partial charge is 0.328 e. The highest BCUT2D eigenvalue weighted by molar-refractivity contribution is 7.99. The molecule has 0 aliphatic carbocycles. The quantitative estimate of drug-likeness (QED) is 0.402. The number of hydrogen-bond donors (Lipinski definition) is 2. The van der Waals surface area contributed by atoms with E-state index in [2.05, 4.69) is 15.5 Å². The third kappa shape index (κ3) is 5.21. The Morgan fingerprint density at radius 2 is 2.09 bits per heavy atom. The van der Waals surface area contributed by atoms with Crippen LogP contribution in [0.3, 0.4) is 0 Å². The molecule has 0 saturated carbocycles. The van der Waals surface area contributed by atoms with Gasteiger partial charge in [0, 0.05) is 6.42 Å². The normalized spacial score (nSPS) is 12.2. The average molecular weight is 329 g/mol. The van der Waals surface area contributed by atoms with Crippen LogP contribution in [0.4, 0.5) is 0 Å². The molecule has 0 aliphatic heterocycles. The second kappa shape index (κ2) is 8.62. The van der Waals surface area contributed by atoms with Crippen molar-refractivity contribution in [1.82, 2.24) is 20.2 Å². The lowest BCUT2D eigenvalue weighted by molar-refractivity contribution is -0.145. The lowest BCUT2D eigenvalue weighted by Gasteiger charge is -2.18. The number of nitrogen functional groups attached to an aromatic ring is 1. The van der Waals surface area contributed by atoms with Crippen molar-refractivity contribution in [2.75, 3.05) is 18.7 Å². The Morgan fingerprint density at radius 1 is 1.41 bits per heavy atom. The molecule has 1 atom stereocenters. The van der Waals surface area contributed by atoms with Crippen LogP contribution < -0.4 is 11.2 Å². The van der Waals surface area contributed by atoms with Crippen molar-refractivity contribution in [2.24, 2.45) is 5.92 Å². The van der Waals surface area contributed by atoms with Crippen molar-refractivity contribution in [3.05, 3.63) is 5.82 Å². The minimum atomic E-state index is -0.639. The number of nitrogens with zero attached hydrogens (tertiary/aromatic N) is 3. The fraction of sp³-hybridized carbons (Fsp3) is 0.692. The number of thioether (sulfide) groups is 1. The molecule has 0 spiro atoms. The summed E-state index contributed by atoms with van der Waals surface area (Å²) in [6.45, 7) is 5.86. The van der Waals surface area contributed by atoms with Crippen molar-refractivity contribution in [3.8, 4) is 0 Å². The van der Waals surface area contributed by atoms with Gasteiger partial charge in [-0.3, -0.25) is 4.79 Å². The highest BCUT2D eigenvalue weighted by Gasteiger charge is 2.23. The van der Waals surface area contributed by atoms with Gasteiger partial charge in [-0.15, -0.1) is 10.2 Å². The molecule has 8 nitrogen and oxygen atoms in total. The van der Waals surface area contributed by atoms with E-state index < -0.39 is 12.0 Å². The number of nitrogens with two attached hydrogens (primary N) is 1. The first-order chi connectivity index (χ1) is 10.4. The van der Waals surface area contributed by atoms with Crippen LogP contribution in [0.2, 0.25) is 0 Å². The summed E-state index contributed by atoms with van der Waals surface area (Å²) >= 11 is 1.17. The predicted octanol–water partition coefficient (Wildman–Crippen LogP) is 0.350. The molecule has 0 radical (unpaired) electrons. The van der Waals surface area contributed by atoms with E-state index in [9.17, 15) is 9.59 Å². The van der Waals surface area contributed by atoms with Gasteiger partial charge in [0.1, 0.15) is 6.04 Å². The lowest BCUT2D eigenvalue weighted by atomic mass is 10.0. The van der Waals surface area contributed by atoms with E-state index in [0.29, 0.717) is 23.8 Å². The third-order valence-electron chi connectivity index (χ3n) is 2.91. The Labute approximate surface area is 134 Å². The van der Waals surface area contributed by atoms with Crippen LogP contribution in [0, 0.1) is 5.92 Å². The maximum Gasteiger partial charge on any atom is 0.328 e. The molecule has 9 heteroatoms. The number of hydrogen-bond acceptors (Lipinski definition) is 7. The fourth-order valence-corrected chi connectivity index (χ4v) is 2.53. The van der Waals surface area contributed by atoms with Gasteiger partial charge in [0.05, 0.1) is 12.9 Å². The second-order valence-corrected chi connectivity index (χ2v) is 6.13. The van der Waals surface area contributed by atoms with Crippen molar-refractivity contribution in [3.63, 3.8) is 0 Å². The molecule has 1 rings (SSSR count). The van der Waals surface area contributed by atoms with Crippen molar-refractivity contribution in [2.45, 2.75) is 44.8 Å². The van der Waals surface area contributed by atoms with E-state index in [1.165, 1.54) is 23.5 Å². The third-order valence-corrected chi connectivity index (χ3v) is 3.85. The number of ether oxygens (including phenoxy) is 1. The summed E-state index contributed by atoms with van der Waals surface area (Å²) < 4.78 is 6.07. The number of methoxy groups -OCH3 is 1. The van der Waals surface area contributed by atoms with E-state index in [4.69, 9.17) is 10.6 Å². The molecule has 0 aromatic carbocycles. The average Bonchev–Trinajstić information content (AvgIpc) is 2.83. The van der Waals surface area contributed by atoms with Gasteiger partial charge in [-0.2, -0.15) is 0 Å². The van der Waals surface area contributed by atoms with Crippen LogP contribution >= 0.6 is 11.8 Å². The summed E-state index contributed by atoms with van der Waals surface area (Å²) in [6.07, 6.45) is 1.19. The summed E-state index contributed by atoms with van der Waals surface area (Å²) in [4.78, 5) is 23.6. The van der Waals surface area contributed by atoms with Crippen molar-refractivity contribution < 1.29 is 14.3 Å². The number of esters is 1. The molecule has 0 bridgehead atoms. The minimum Gasteiger partial charge on any atom is -0.467 e. The van der Waals surface area contributed by atoms with Crippen molar-refractivity contribution >= 4 is 23.6 Å². The summed E-state index contributed by atoms with van der Waals surface area (Å²) in [6, 6.07) is -0.639. The molecule has 124 valence electrons. The first-order valence-electron chi connectivity index (χ1n) is 7.08. The molecule has 1 amide bonds. The number of rotatable bonds is 8. The SMILES string of the molecule is CCc1nnc(SCC(=O)N[C@H](CC(C)C)C(=O)OC)n1N. The number of carbonyl (C=O) groups is 2. The topological polar surface area (TPSA) is 112 Å². The number of carbonyl (C=O) groups excluding carboxylic acids is 2. The lowest BCUT2D eigenvalue weighted by Crippen LogP contribution is -2.43. The largest absolute Gasteiger partial charge is 0.467 e. The maximum atomic E-state index is 12.0. The molecule has 0 saturated heterocycles. The van der Waals surface area contributed by atoms with Gasteiger partial charge in [0.2, 0.25) is 11.1 Å². The number of nitrogens with one attached hydrogen (secondary N) is 1. The van der Waals surface area contributed by atoms with E-state index in [0.717, 1.165) is 0 Å². The Bertz CT molecular complexity index is 518. The highest BCUT2D eigenvalue weighted by atomic mass is 32.2. The molecule has 0 aliphatic rings. The zero-order valence-electron chi connectivity index (χ0n) is 13.3. The summed E-state index contributed by atoms with van der Waals surface area (Å²) in [5, 5.41) is 11.0. The first kappa shape index (κ1) is 18.3. The van der Waals surface area contributed by atoms with Crippen LogP contribution in [-0.2, 0) is 20.7 Å². The number of amides is 1. The Kier molecular flexibility index (Phi) is 7.16. The van der Waals surface area contributed by atoms with E-state index in [-0.39, 0.29) is 17.6 Å². The van der Waals surface area contributed by atoms with Gasteiger partial charge >= 0.3 is 5.97 Å². The van der Waals surface area contributed by atoms with E-state index in [1.54, 1.807) is 0 Å². The molecule has 1 aromatic heterocycles. The predicted molar refractivity (Wildman–Crippen MR) is 83.7 cm³/mol. The summed E-state index contributed by atoms with van der Waals surface area (Å²) in [7, 11) is 1.31. The molecular weight excluding hydrogens is 306 g/mol. The molecule has 22 heavy (non-hydrogen) atoms. The van der Waals surface area contributed by atoms with Gasteiger partial charge in [-0.25, -0.2) is 9.47 Å². The number of aromatic nitrogens is 3. The maximum absolute atomic E-state index is 12.0. The molecule has 1 heterocycles. The van der Waals surface area contributed by atoms with Crippen molar-refractivity contribution in [1.29, 1.82) is 0 Å². The van der Waals surface area contributed by atoms with Crippen LogP contribution in [0.25, 0.3) is 0 Å². The zero-order valence-corrected chi connectivity index (χ0v) is 14.1. The van der Waals surface area contributed by atoms with Gasteiger partial charge < -0.3 is 15.9 Å². The van der Waals surface area contributed by atoms with E-state index in [1.807, 2.05) is 20.8 Å². The van der Waals surface area contributed by atoms with Crippen LogP contribution in [-0.4, -0.2) is 45.7 Å².